The second kappa shape index (κ2) is 5.56. The van der Waals surface area contributed by atoms with Crippen molar-refractivity contribution in [1.29, 1.82) is 0 Å². The molecular formula is C11H12Cl2N2O3S. The van der Waals surface area contributed by atoms with Gasteiger partial charge in [-0.15, -0.1) is 0 Å². The molecule has 1 aliphatic rings. The lowest BCUT2D eigenvalue weighted by Gasteiger charge is -2.13. The van der Waals surface area contributed by atoms with E-state index in [2.05, 4.69) is 10.6 Å². The van der Waals surface area contributed by atoms with Gasteiger partial charge in [0.15, 0.2) is 9.84 Å². The highest BCUT2D eigenvalue weighted by Gasteiger charge is 2.29. The molecule has 1 aliphatic heterocycles. The highest BCUT2D eigenvalue weighted by molar-refractivity contribution is 7.91. The maximum atomic E-state index is 11.7. The highest BCUT2D eigenvalue weighted by atomic mass is 35.5. The van der Waals surface area contributed by atoms with Crippen LogP contribution in [0.15, 0.2) is 18.2 Å². The van der Waals surface area contributed by atoms with E-state index in [-0.39, 0.29) is 17.5 Å². The number of rotatable bonds is 2. The Bertz CT molecular complexity index is 584. The first-order valence-electron chi connectivity index (χ1n) is 5.59. The largest absolute Gasteiger partial charge is 0.334 e. The molecule has 2 rings (SSSR count). The first-order chi connectivity index (χ1) is 8.87. The van der Waals surface area contributed by atoms with Gasteiger partial charge < -0.3 is 10.6 Å². The van der Waals surface area contributed by atoms with Crippen molar-refractivity contribution in [2.45, 2.75) is 12.5 Å². The predicted octanol–water partition coefficient (Wildman–Crippen LogP) is 2.30. The number of sulfone groups is 1. The third-order valence-corrected chi connectivity index (χ3v) is 5.17. The number of carbonyl (C=O) groups excluding carboxylic acids is 1. The normalized spacial score (nSPS) is 21.1. The van der Waals surface area contributed by atoms with Gasteiger partial charge >= 0.3 is 6.03 Å². The molecule has 1 atom stereocenters. The Labute approximate surface area is 121 Å². The molecule has 19 heavy (non-hydrogen) atoms. The van der Waals surface area contributed by atoms with Crippen LogP contribution >= 0.6 is 23.2 Å². The summed E-state index contributed by atoms with van der Waals surface area (Å²) in [6.45, 7) is 0. The van der Waals surface area contributed by atoms with Gasteiger partial charge in [0, 0.05) is 6.04 Å². The lowest BCUT2D eigenvalue weighted by atomic mass is 10.3. The molecule has 1 heterocycles. The van der Waals surface area contributed by atoms with Crippen LogP contribution in [0.3, 0.4) is 0 Å². The molecular weight excluding hydrogens is 311 g/mol. The molecule has 5 nitrogen and oxygen atoms in total. The number of hydrogen-bond donors (Lipinski definition) is 2. The van der Waals surface area contributed by atoms with E-state index >= 15 is 0 Å². The van der Waals surface area contributed by atoms with Gasteiger partial charge in [0.05, 0.1) is 27.2 Å². The van der Waals surface area contributed by atoms with Crippen LogP contribution in [0.4, 0.5) is 10.5 Å². The fourth-order valence-corrected chi connectivity index (χ4v) is 4.03. The van der Waals surface area contributed by atoms with Gasteiger partial charge in [0.25, 0.3) is 0 Å². The van der Waals surface area contributed by atoms with E-state index in [1.54, 1.807) is 18.2 Å². The van der Waals surface area contributed by atoms with Crippen molar-refractivity contribution >= 4 is 44.8 Å². The number of nitrogens with one attached hydrogen (secondary N) is 2. The zero-order valence-electron chi connectivity index (χ0n) is 9.82. The predicted molar refractivity (Wildman–Crippen MR) is 75.7 cm³/mol. The second-order valence-corrected chi connectivity index (χ2v) is 7.34. The quantitative estimate of drug-likeness (QED) is 0.877. The van der Waals surface area contributed by atoms with E-state index in [1.165, 1.54) is 0 Å². The van der Waals surface area contributed by atoms with Crippen molar-refractivity contribution in [3.63, 3.8) is 0 Å². The molecule has 2 amide bonds. The monoisotopic (exact) mass is 322 g/mol. The summed E-state index contributed by atoms with van der Waals surface area (Å²) < 4.78 is 22.6. The number of urea groups is 1. The van der Waals surface area contributed by atoms with Gasteiger partial charge in [0.1, 0.15) is 0 Å². The van der Waals surface area contributed by atoms with Gasteiger partial charge in [-0.3, -0.25) is 0 Å². The minimum absolute atomic E-state index is 0.0311. The number of hydrogen-bond acceptors (Lipinski definition) is 3. The number of benzene rings is 1. The van der Waals surface area contributed by atoms with Crippen LogP contribution in [0.2, 0.25) is 10.0 Å². The van der Waals surface area contributed by atoms with Crippen molar-refractivity contribution in [3.05, 3.63) is 28.2 Å². The van der Waals surface area contributed by atoms with E-state index in [0.717, 1.165) is 0 Å². The molecule has 2 N–H and O–H groups in total. The molecule has 0 radical (unpaired) electrons. The van der Waals surface area contributed by atoms with Crippen molar-refractivity contribution in [2.75, 3.05) is 16.8 Å². The average molecular weight is 323 g/mol. The van der Waals surface area contributed by atoms with Crippen molar-refractivity contribution in [3.8, 4) is 0 Å². The molecule has 1 fully saturated rings. The number of anilines is 1. The highest BCUT2D eigenvalue weighted by Crippen LogP contribution is 2.29. The Morgan fingerprint density at radius 1 is 1.26 bits per heavy atom. The summed E-state index contributed by atoms with van der Waals surface area (Å²) in [4.78, 5) is 11.7. The number of para-hydroxylation sites is 1. The lowest BCUT2D eigenvalue weighted by molar-refractivity contribution is 0.249. The summed E-state index contributed by atoms with van der Waals surface area (Å²) in [5, 5.41) is 5.76. The zero-order valence-corrected chi connectivity index (χ0v) is 12.1. The second-order valence-electron chi connectivity index (χ2n) is 4.30. The van der Waals surface area contributed by atoms with Crippen LogP contribution in [0.1, 0.15) is 6.42 Å². The molecule has 0 saturated carbocycles. The van der Waals surface area contributed by atoms with Crippen LogP contribution in [-0.4, -0.2) is 32.0 Å². The number of amides is 2. The molecule has 0 spiro atoms. The maximum Gasteiger partial charge on any atom is 0.319 e. The third kappa shape index (κ3) is 3.75. The topological polar surface area (TPSA) is 75.3 Å². The molecule has 0 unspecified atom stereocenters. The van der Waals surface area contributed by atoms with Gasteiger partial charge in [-0.2, -0.15) is 0 Å². The van der Waals surface area contributed by atoms with Crippen LogP contribution in [0.5, 0.6) is 0 Å². The average Bonchev–Trinajstić information content (AvgIpc) is 2.63. The first kappa shape index (κ1) is 14.4. The van der Waals surface area contributed by atoms with Crippen molar-refractivity contribution in [2.24, 2.45) is 0 Å². The van der Waals surface area contributed by atoms with Crippen LogP contribution in [0, 0.1) is 0 Å². The molecule has 0 aromatic heterocycles. The Kier molecular flexibility index (Phi) is 4.23. The van der Waals surface area contributed by atoms with Crippen LogP contribution in [-0.2, 0) is 9.84 Å². The van der Waals surface area contributed by atoms with E-state index in [0.29, 0.717) is 22.2 Å². The van der Waals surface area contributed by atoms with Crippen molar-refractivity contribution in [1.82, 2.24) is 5.32 Å². The summed E-state index contributed by atoms with van der Waals surface area (Å²) >= 11 is 11.8. The smallest absolute Gasteiger partial charge is 0.319 e. The van der Waals surface area contributed by atoms with E-state index < -0.39 is 15.9 Å². The fourth-order valence-electron chi connectivity index (χ4n) is 1.86. The minimum Gasteiger partial charge on any atom is -0.334 e. The maximum absolute atomic E-state index is 11.7. The number of halogens is 2. The molecule has 8 heteroatoms. The summed E-state index contributed by atoms with van der Waals surface area (Å²) in [5.74, 6) is 0.0709. The van der Waals surface area contributed by atoms with Crippen LogP contribution in [0.25, 0.3) is 0 Å². The van der Waals surface area contributed by atoms with Gasteiger partial charge in [0.2, 0.25) is 0 Å². The summed E-state index contributed by atoms with van der Waals surface area (Å²) in [6, 6.07) is 3.98. The molecule has 1 aromatic rings. The Morgan fingerprint density at radius 3 is 2.42 bits per heavy atom. The van der Waals surface area contributed by atoms with Gasteiger partial charge in [-0.05, 0) is 18.6 Å². The van der Waals surface area contributed by atoms with E-state index in [9.17, 15) is 13.2 Å². The minimum atomic E-state index is -3.02. The first-order valence-corrected chi connectivity index (χ1v) is 8.17. The Balaban J connectivity index is 1.99. The SMILES string of the molecule is O=C(Nc1c(Cl)cccc1Cl)N[C@H]1CCS(=O)(=O)C1. The van der Waals surface area contributed by atoms with E-state index in [1.807, 2.05) is 0 Å². The van der Waals surface area contributed by atoms with Crippen LogP contribution < -0.4 is 10.6 Å². The fraction of sp³-hybridized carbons (Fsp3) is 0.364. The van der Waals surface area contributed by atoms with Gasteiger partial charge in [-0.25, -0.2) is 13.2 Å². The molecule has 0 aliphatic carbocycles. The molecule has 104 valence electrons. The van der Waals surface area contributed by atoms with Gasteiger partial charge in [-0.1, -0.05) is 29.3 Å². The van der Waals surface area contributed by atoms with E-state index in [4.69, 9.17) is 23.2 Å². The molecule has 1 aromatic carbocycles. The number of carbonyl (C=O) groups is 1. The molecule has 1 saturated heterocycles. The van der Waals surface area contributed by atoms with Crippen molar-refractivity contribution < 1.29 is 13.2 Å². The third-order valence-electron chi connectivity index (χ3n) is 2.77. The lowest BCUT2D eigenvalue weighted by Crippen LogP contribution is -2.38. The standard InChI is InChI=1S/C11H12Cl2N2O3S/c12-8-2-1-3-9(13)10(8)15-11(16)14-7-4-5-19(17,18)6-7/h1-3,7H,4-6H2,(H2,14,15,16)/t7-/m0/s1. The summed E-state index contributed by atoms with van der Waals surface area (Å²) in [5.41, 5.74) is 0.309. The summed E-state index contributed by atoms with van der Waals surface area (Å²) in [6.07, 6.45) is 0.423. The Hall–Kier alpha value is -0.980. The zero-order chi connectivity index (χ0) is 14.0. The Morgan fingerprint density at radius 2 is 1.89 bits per heavy atom. The summed E-state index contributed by atoms with van der Waals surface area (Å²) in [7, 11) is -3.02. The molecule has 0 bridgehead atoms.